The fourth-order valence-corrected chi connectivity index (χ4v) is 4.55. The summed E-state index contributed by atoms with van der Waals surface area (Å²) in [6, 6.07) is 9.69. The van der Waals surface area contributed by atoms with E-state index >= 15 is 0 Å². The summed E-state index contributed by atoms with van der Waals surface area (Å²) in [5.74, 6) is 0.398. The summed E-state index contributed by atoms with van der Waals surface area (Å²) in [6.07, 6.45) is 3.46. The first-order valence-corrected chi connectivity index (χ1v) is 11.3. The molecule has 0 saturated carbocycles. The molecule has 35 heavy (non-hydrogen) atoms. The van der Waals surface area contributed by atoms with Crippen LogP contribution in [0.3, 0.4) is 0 Å². The average Bonchev–Trinajstić information content (AvgIpc) is 3.25. The van der Waals surface area contributed by atoms with Gasteiger partial charge in [0, 0.05) is 36.6 Å². The number of rotatable bonds is 4. The number of halogens is 1. The monoisotopic (exact) mass is 472 g/mol. The lowest BCUT2D eigenvalue weighted by molar-refractivity contribution is 0.373. The molecule has 178 valence electrons. The molecule has 1 saturated heterocycles. The number of methoxy groups -OCH3 is 1. The molecule has 5 rings (SSSR count). The minimum atomic E-state index is -0.618. The van der Waals surface area contributed by atoms with Crippen LogP contribution in [0.15, 0.2) is 42.6 Å². The fourth-order valence-electron chi connectivity index (χ4n) is 4.55. The first kappa shape index (κ1) is 22.6. The van der Waals surface area contributed by atoms with Crippen molar-refractivity contribution in [1.82, 2.24) is 14.4 Å². The summed E-state index contributed by atoms with van der Waals surface area (Å²) in [5, 5.41) is 10.5. The van der Waals surface area contributed by atoms with E-state index in [0.717, 1.165) is 31.6 Å². The van der Waals surface area contributed by atoms with E-state index in [1.165, 1.54) is 19.2 Å². The van der Waals surface area contributed by atoms with Gasteiger partial charge in [-0.15, -0.1) is 0 Å². The largest absolute Gasteiger partial charge is 0.504 e. The molecule has 0 amide bonds. The molecule has 3 N–H and O–H groups in total. The van der Waals surface area contributed by atoms with E-state index in [9.17, 15) is 9.50 Å². The number of nitrogens with zero attached hydrogens (tertiary/aromatic N) is 5. The Bertz CT molecular complexity index is 1470. The molecule has 2 aromatic carbocycles. The third kappa shape index (κ3) is 3.92. The molecule has 0 unspecified atom stereocenters. The molecule has 0 bridgehead atoms. The maximum absolute atomic E-state index is 14.7. The van der Waals surface area contributed by atoms with Crippen molar-refractivity contribution in [3.8, 4) is 33.9 Å². The Morgan fingerprint density at radius 1 is 1.17 bits per heavy atom. The molecular formula is C26H25FN6O2. The van der Waals surface area contributed by atoms with Crippen LogP contribution in [-0.4, -0.2) is 45.7 Å². The summed E-state index contributed by atoms with van der Waals surface area (Å²) >= 11 is 0. The lowest BCUT2D eigenvalue weighted by Crippen LogP contribution is -2.41. The Kier molecular flexibility index (Phi) is 5.75. The Hall–Kier alpha value is -4.16. The summed E-state index contributed by atoms with van der Waals surface area (Å²) in [4.78, 5) is 15.2. The lowest BCUT2D eigenvalue weighted by atomic mass is 9.99. The first-order chi connectivity index (χ1) is 16.9. The number of aromatic nitrogens is 3. The average molecular weight is 473 g/mol. The molecule has 1 aliphatic heterocycles. The Morgan fingerprint density at radius 3 is 2.57 bits per heavy atom. The van der Waals surface area contributed by atoms with Gasteiger partial charge in [-0.1, -0.05) is 18.2 Å². The number of fused-ring (bicyclic) bond motifs is 1. The van der Waals surface area contributed by atoms with Crippen LogP contribution in [0.5, 0.6) is 11.5 Å². The minimum Gasteiger partial charge on any atom is -0.504 e. The van der Waals surface area contributed by atoms with E-state index in [4.69, 9.17) is 27.0 Å². The van der Waals surface area contributed by atoms with E-state index in [1.54, 1.807) is 24.4 Å². The van der Waals surface area contributed by atoms with Gasteiger partial charge in [0.05, 0.1) is 24.9 Å². The number of hydrogen-bond acceptors (Lipinski definition) is 6. The third-order valence-electron chi connectivity index (χ3n) is 6.44. The van der Waals surface area contributed by atoms with Gasteiger partial charge in [-0.3, -0.25) is 4.40 Å². The van der Waals surface area contributed by atoms with Crippen molar-refractivity contribution in [2.24, 2.45) is 5.73 Å². The molecular weight excluding hydrogens is 447 g/mol. The molecule has 2 aromatic heterocycles. The molecule has 1 fully saturated rings. The van der Waals surface area contributed by atoms with Crippen molar-refractivity contribution < 1.29 is 14.2 Å². The maximum atomic E-state index is 14.7. The quantitative estimate of drug-likeness (QED) is 0.418. The molecule has 0 aliphatic carbocycles. The van der Waals surface area contributed by atoms with Crippen LogP contribution in [0.4, 0.5) is 16.0 Å². The Morgan fingerprint density at radius 2 is 1.91 bits per heavy atom. The van der Waals surface area contributed by atoms with Crippen molar-refractivity contribution >= 4 is 17.3 Å². The van der Waals surface area contributed by atoms with Gasteiger partial charge in [0.2, 0.25) is 11.6 Å². The normalized spacial score (nSPS) is 14.3. The van der Waals surface area contributed by atoms with Gasteiger partial charge in [-0.25, -0.2) is 19.2 Å². The number of hydrogen-bond donors (Lipinski definition) is 2. The highest BCUT2D eigenvalue weighted by atomic mass is 19.1. The van der Waals surface area contributed by atoms with Crippen molar-refractivity contribution in [1.29, 1.82) is 0 Å². The zero-order chi connectivity index (χ0) is 24.7. The van der Waals surface area contributed by atoms with Crippen LogP contribution in [0.25, 0.3) is 32.9 Å². The van der Waals surface area contributed by atoms with Gasteiger partial charge < -0.3 is 20.5 Å². The molecule has 0 atom stereocenters. The van der Waals surface area contributed by atoms with Gasteiger partial charge in [0.15, 0.2) is 11.5 Å². The summed E-state index contributed by atoms with van der Waals surface area (Å²) in [7, 11) is 1.48. The molecule has 8 nitrogen and oxygen atoms in total. The number of aryl methyl sites for hydroxylation is 1. The standard InChI is InChI=1S/C26H25FN6O2/c1-15-14-30-25-23(16-5-7-22(35-3)21(34)13-16)24(17-4-6-20(29-2)19(27)12-17)31-26(33(15)25)32-10-8-18(28)9-11-32/h4-7,12-14,18,34H,8-11,28H2,1,3H3. The number of phenolic OH excluding ortho intramolecular Hbond substituents is 1. The van der Waals surface area contributed by atoms with Gasteiger partial charge in [-0.05, 0) is 43.5 Å². The molecule has 9 heteroatoms. The maximum Gasteiger partial charge on any atom is 0.222 e. The van der Waals surface area contributed by atoms with Crippen LogP contribution in [0, 0.1) is 19.3 Å². The number of imidazole rings is 1. The Balaban J connectivity index is 1.81. The van der Waals surface area contributed by atoms with Gasteiger partial charge >= 0.3 is 0 Å². The number of benzene rings is 2. The molecule has 3 heterocycles. The number of nitrogens with two attached hydrogens (primary N) is 1. The highest BCUT2D eigenvalue weighted by Gasteiger charge is 2.26. The first-order valence-electron chi connectivity index (χ1n) is 11.3. The van der Waals surface area contributed by atoms with E-state index in [-0.39, 0.29) is 17.5 Å². The highest BCUT2D eigenvalue weighted by Crippen LogP contribution is 2.40. The van der Waals surface area contributed by atoms with Crippen LogP contribution in [0.1, 0.15) is 18.5 Å². The van der Waals surface area contributed by atoms with Crippen molar-refractivity contribution in [2.75, 3.05) is 25.1 Å². The zero-order valence-electron chi connectivity index (χ0n) is 19.5. The number of phenols is 1. The third-order valence-corrected chi connectivity index (χ3v) is 6.44. The summed E-state index contributed by atoms with van der Waals surface area (Å²) in [5.41, 5.74) is 9.93. The van der Waals surface area contributed by atoms with Crippen LogP contribution in [-0.2, 0) is 0 Å². The van der Waals surface area contributed by atoms with Crippen LogP contribution >= 0.6 is 0 Å². The number of aromatic hydroxyl groups is 1. The van der Waals surface area contributed by atoms with Crippen LogP contribution < -0.4 is 15.4 Å². The summed E-state index contributed by atoms with van der Waals surface area (Å²) < 4.78 is 21.9. The zero-order valence-corrected chi connectivity index (χ0v) is 19.5. The Labute approximate surface area is 202 Å². The predicted molar refractivity (Wildman–Crippen MR) is 132 cm³/mol. The van der Waals surface area contributed by atoms with E-state index in [0.29, 0.717) is 39.7 Å². The second-order valence-corrected chi connectivity index (χ2v) is 8.68. The topological polar surface area (TPSA) is 93.3 Å². The summed E-state index contributed by atoms with van der Waals surface area (Å²) in [6.45, 7) is 10.6. The van der Waals surface area contributed by atoms with Gasteiger partial charge in [0.25, 0.3) is 0 Å². The fraction of sp³-hybridized carbons (Fsp3) is 0.269. The molecule has 1 aliphatic rings. The van der Waals surface area contributed by atoms with Crippen molar-refractivity contribution in [3.63, 3.8) is 0 Å². The lowest BCUT2D eigenvalue weighted by Gasteiger charge is -2.32. The molecule has 4 aromatic rings. The van der Waals surface area contributed by atoms with E-state index in [2.05, 4.69) is 9.74 Å². The number of piperidine rings is 1. The minimum absolute atomic E-state index is 0.0268. The number of anilines is 1. The van der Waals surface area contributed by atoms with Crippen molar-refractivity contribution in [2.45, 2.75) is 25.8 Å². The smallest absolute Gasteiger partial charge is 0.222 e. The van der Waals surface area contributed by atoms with Gasteiger partial charge in [-0.2, -0.15) is 0 Å². The molecule has 0 spiro atoms. The van der Waals surface area contributed by atoms with Crippen LogP contribution in [0.2, 0.25) is 0 Å². The predicted octanol–water partition coefficient (Wildman–Crippen LogP) is 4.70. The second kappa shape index (κ2) is 8.89. The van der Waals surface area contributed by atoms with Gasteiger partial charge in [0.1, 0.15) is 11.5 Å². The SMILES string of the molecule is [C-]#[N+]c1ccc(-c2nc(N3CCC(N)CC3)n3c(C)cnc3c2-c2ccc(OC)c(O)c2)cc1F. The van der Waals surface area contributed by atoms with E-state index < -0.39 is 5.82 Å². The second-order valence-electron chi connectivity index (χ2n) is 8.68. The van der Waals surface area contributed by atoms with E-state index in [1.807, 2.05) is 17.4 Å². The van der Waals surface area contributed by atoms with Crippen molar-refractivity contribution in [3.05, 3.63) is 65.5 Å². The molecule has 0 radical (unpaired) electrons. The number of ether oxygens (including phenoxy) is 1. The highest BCUT2D eigenvalue weighted by molar-refractivity contribution is 5.92.